The van der Waals surface area contributed by atoms with Crippen LogP contribution in [0.25, 0.3) is 0 Å². The number of nitrogens with zero attached hydrogens (tertiary/aromatic N) is 1. The minimum atomic E-state index is 0.369. The first-order chi connectivity index (χ1) is 17.6. The number of hydrogen-bond acceptors (Lipinski definition) is 4. The van der Waals surface area contributed by atoms with Gasteiger partial charge in [0.1, 0.15) is 11.5 Å². The summed E-state index contributed by atoms with van der Waals surface area (Å²) in [4.78, 5) is 2.48. The van der Waals surface area contributed by atoms with Gasteiger partial charge in [-0.05, 0) is 104 Å². The van der Waals surface area contributed by atoms with E-state index in [4.69, 9.17) is 4.74 Å². The Hall–Kier alpha value is -2.98. The van der Waals surface area contributed by atoms with Crippen LogP contribution in [-0.2, 0) is 25.7 Å². The monoisotopic (exact) mass is 486 g/mol. The van der Waals surface area contributed by atoms with Gasteiger partial charge in [0.05, 0.1) is 7.11 Å². The van der Waals surface area contributed by atoms with Crippen molar-refractivity contribution in [2.24, 2.45) is 0 Å². The van der Waals surface area contributed by atoms with E-state index in [-0.39, 0.29) is 0 Å². The molecule has 0 amide bonds. The van der Waals surface area contributed by atoms with Crippen molar-refractivity contribution >= 4 is 5.69 Å². The molecule has 1 aliphatic carbocycles. The van der Waals surface area contributed by atoms with Gasteiger partial charge in [-0.1, -0.05) is 50.2 Å². The fourth-order valence-corrected chi connectivity index (χ4v) is 5.39. The molecule has 4 nitrogen and oxygen atoms in total. The van der Waals surface area contributed by atoms with Crippen LogP contribution in [0.4, 0.5) is 5.69 Å². The number of hydrogen-bond donors (Lipinski definition) is 2. The molecule has 36 heavy (non-hydrogen) atoms. The minimum absolute atomic E-state index is 0.369. The largest absolute Gasteiger partial charge is 0.508 e. The van der Waals surface area contributed by atoms with Crippen LogP contribution < -0.4 is 10.1 Å². The highest BCUT2D eigenvalue weighted by Gasteiger charge is 2.23. The summed E-state index contributed by atoms with van der Waals surface area (Å²) in [6.45, 7) is 8.77. The maximum Gasteiger partial charge on any atom is 0.120 e. The zero-order valence-electron chi connectivity index (χ0n) is 22.2. The quantitative estimate of drug-likeness (QED) is 0.283. The molecule has 1 atom stereocenters. The molecule has 3 aromatic rings. The van der Waals surface area contributed by atoms with Gasteiger partial charge in [0.15, 0.2) is 0 Å². The van der Waals surface area contributed by atoms with Crippen LogP contribution in [0.5, 0.6) is 11.5 Å². The Kier molecular flexibility index (Phi) is 9.29. The third-order valence-corrected chi connectivity index (χ3v) is 7.71. The Labute approximate surface area is 217 Å². The molecule has 0 spiro atoms. The normalized spacial score (nSPS) is 15.1. The molecule has 4 rings (SSSR count). The molecule has 0 saturated heterocycles. The molecular weight excluding hydrogens is 444 g/mol. The number of phenolic OH excluding ortho intramolecular Hbond substituents is 1. The molecule has 0 aliphatic heterocycles. The highest BCUT2D eigenvalue weighted by Crippen LogP contribution is 2.38. The van der Waals surface area contributed by atoms with Crippen LogP contribution >= 0.6 is 0 Å². The van der Waals surface area contributed by atoms with Gasteiger partial charge in [0.25, 0.3) is 0 Å². The van der Waals surface area contributed by atoms with Crippen LogP contribution in [0.3, 0.4) is 0 Å². The van der Waals surface area contributed by atoms with Gasteiger partial charge in [-0.25, -0.2) is 0 Å². The number of phenols is 1. The molecule has 0 fully saturated rings. The number of benzene rings is 3. The lowest BCUT2D eigenvalue weighted by Gasteiger charge is -2.27. The Balaban J connectivity index is 1.33. The van der Waals surface area contributed by atoms with Crippen molar-refractivity contribution < 1.29 is 9.84 Å². The molecule has 0 heterocycles. The Bertz CT molecular complexity index is 1110. The number of likely N-dealkylation sites (N-methyl/N-ethyl adjacent to an activating group) is 1. The van der Waals surface area contributed by atoms with Crippen molar-refractivity contribution in [3.8, 4) is 11.5 Å². The molecule has 4 heteroatoms. The van der Waals surface area contributed by atoms with Crippen molar-refractivity contribution in [1.29, 1.82) is 0 Å². The van der Waals surface area contributed by atoms with E-state index < -0.39 is 0 Å². The topological polar surface area (TPSA) is 44.7 Å². The summed E-state index contributed by atoms with van der Waals surface area (Å²) < 4.78 is 5.53. The lowest BCUT2D eigenvalue weighted by molar-refractivity contribution is 0.308. The van der Waals surface area contributed by atoms with Crippen LogP contribution in [0.1, 0.15) is 60.4 Å². The minimum Gasteiger partial charge on any atom is -0.508 e. The molecule has 0 saturated carbocycles. The number of rotatable bonds is 12. The molecule has 192 valence electrons. The number of aromatic hydroxyl groups is 1. The summed E-state index contributed by atoms with van der Waals surface area (Å²) in [5.41, 5.74) is 8.02. The Morgan fingerprint density at radius 1 is 0.917 bits per heavy atom. The summed E-state index contributed by atoms with van der Waals surface area (Å²) in [7, 11) is 1.73. The highest BCUT2D eigenvalue weighted by atomic mass is 16.5. The molecule has 0 aromatic heterocycles. The van der Waals surface area contributed by atoms with Gasteiger partial charge in [0.2, 0.25) is 0 Å². The average molecular weight is 487 g/mol. The second kappa shape index (κ2) is 12.8. The maximum atomic E-state index is 9.83. The van der Waals surface area contributed by atoms with Gasteiger partial charge in [0, 0.05) is 24.8 Å². The summed E-state index contributed by atoms with van der Waals surface area (Å²) in [6, 6.07) is 21.5. The van der Waals surface area contributed by atoms with Gasteiger partial charge in [-0.3, -0.25) is 0 Å². The number of ether oxygens (including phenoxy) is 1. The molecule has 3 aromatic carbocycles. The van der Waals surface area contributed by atoms with Crippen LogP contribution in [-0.4, -0.2) is 43.3 Å². The third kappa shape index (κ3) is 6.82. The SMILES string of the molecule is CCN(CC)CCc1ccc(CCCNc2cc(OC)ccc2[C@@H]2CCc3cc(O)ccc3C2)cc1. The molecule has 1 aliphatic rings. The number of aryl methyl sites for hydroxylation is 2. The van der Waals surface area contributed by atoms with Crippen molar-refractivity contribution in [3.63, 3.8) is 0 Å². The Morgan fingerprint density at radius 2 is 1.67 bits per heavy atom. The van der Waals surface area contributed by atoms with E-state index in [1.165, 1.54) is 33.5 Å². The third-order valence-electron chi connectivity index (χ3n) is 7.71. The number of anilines is 1. The van der Waals surface area contributed by atoms with Crippen LogP contribution in [0.15, 0.2) is 60.7 Å². The summed E-state index contributed by atoms with van der Waals surface area (Å²) in [6.07, 6.45) is 6.39. The van der Waals surface area contributed by atoms with E-state index in [0.717, 1.165) is 70.5 Å². The lowest BCUT2D eigenvalue weighted by atomic mass is 9.79. The number of nitrogens with one attached hydrogen (secondary N) is 1. The molecule has 0 unspecified atom stereocenters. The Morgan fingerprint density at radius 3 is 2.39 bits per heavy atom. The first-order valence-electron chi connectivity index (χ1n) is 13.6. The van der Waals surface area contributed by atoms with E-state index in [0.29, 0.717) is 11.7 Å². The lowest BCUT2D eigenvalue weighted by Crippen LogP contribution is -2.25. The highest BCUT2D eigenvalue weighted by molar-refractivity contribution is 5.57. The zero-order valence-corrected chi connectivity index (χ0v) is 22.2. The first-order valence-corrected chi connectivity index (χ1v) is 13.6. The fraction of sp³-hybridized carbons (Fsp3) is 0.438. The molecule has 0 radical (unpaired) electrons. The van der Waals surface area contributed by atoms with Crippen molar-refractivity contribution in [2.45, 2.75) is 58.3 Å². The fourth-order valence-electron chi connectivity index (χ4n) is 5.39. The predicted molar refractivity (Wildman–Crippen MR) is 151 cm³/mol. The van der Waals surface area contributed by atoms with E-state index in [1.807, 2.05) is 12.1 Å². The smallest absolute Gasteiger partial charge is 0.120 e. The molecule has 0 bridgehead atoms. The van der Waals surface area contributed by atoms with Gasteiger partial charge in [-0.15, -0.1) is 0 Å². The van der Waals surface area contributed by atoms with Gasteiger partial charge >= 0.3 is 0 Å². The summed E-state index contributed by atoms with van der Waals surface area (Å²) in [5.74, 6) is 1.73. The molecular formula is C32H42N2O2. The zero-order chi connectivity index (χ0) is 25.3. The van der Waals surface area contributed by atoms with Gasteiger partial charge in [-0.2, -0.15) is 0 Å². The maximum absolute atomic E-state index is 9.83. The number of methoxy groups -OCH3 is 1. The van der Waals surface area contributed by atoms with E-state index >= 15 is 0 Å². The van der Waals surface area contributed by atoms with E-state index in [9.17, 15) is 5.11 Å². The van der Waals surface area contributed by atoms with E-state index in [1.54, 1.807) is 7.11 Å². The van der Waals surface area contributed by atoms with Crippen molar-refractivity contribution in [2.75, 3.05) is 38.6 Å². The predicted octanol–water partition coefficient (Wildman–Crippen LogP) is 6.60. The standard InChI is InChI=1S/C32H42N2O2/c1-4-34(5-2)20-18-25-10-8-24(9-11-25)7-6-19-33-32-23-30(36-3)16-17-31(32)28-13-12-27-22-29(35)15-14-26(27)21-28/h8-11,14-17,22-23,28,33,35H,4-7,12-13,18-21H2,1-3H3/t28-/m1/s1. The second-order valence-electron chi connectivity index (χ2n) is 9.97. The van der Waals surface area contributed by atoms with Crippen molar-refractivity contribution in [1.82, 2.24) is 4.90 Å². The molecule has 2 N–H and O–H groups in total. The summed E-state index contributed by atoms with van der Waals surface area (Å²) in [5, 5.41) is 13.5. The second-order valence-corrected chi connectivity index (χ2v) is 9.97. The van der Waals surface area contributed by atoms with Gasteiger partial charge < -0.3 is 20.1 Å². The van der Waals surface area contributed by atoms with E-state index in [2.05, 4.69) is 72.6 Å². The van der Waals surface area contributed by atoms with Crippen LogP contribution in [0.2, 0.25) is 0 Å². The van der Waals surface area contributed by atoms with Crippen molar-refractivity contribution in [3.05, 3.63) is 88.5 Å². The average Bonchev–Trinajstić information content (AvgIpc) is 2.92. The first kappa shape index (κ1) is 26.1. The number of fused-ring (bicyclic) bond motifs is 1. The van der Waals surface area contributed by atoms with Crippen LogP contribution in [0, 0.1) is 0 Å². The summed E-state index contributed by atoms with van der Waals surface area (Å²) >= 11 is 0.